The first-order valence-electron chi connectivity index (χ1n) is 10.8. The SMILES string of the molecule is CC(OC(=O)[C@@H]1[C@H](/C=C\C(=O)OC(C)(C)C)C1(C)C)c1cccc(Oc2ccccc2)n1. The Hall–Kier alpha value is -3.15. The van der Waals surface area contributed by atoms with Gasteiger partial charge in [0, 0.05) is 12.1 Å². The molecule has 0 N–H and O–H groups in total. The largest absolute Gasteiger partial charge is 0.457 e. The van der Waals surface area contributed by atoms with Crippen molar-refractivity contribution in [3.05, 3.63) is 66.4 Å². The summed E-state index contributed by atoms with van der Waals surface area (Å²) < 4.78 is 16.8. The van der Waals surface area contributed by atoms with Crippen LogP contribution in [0.2, 0.25) is 0 Å². The van der Waals surface area contributed by atoms with Crippen LogP contribution < -0.4 is 4.74 Å². The highest BCUT2D eigenvalue weighted by Crippen LogP contribution is 2.59. The van der Waals surface area contributed by atoms with Crippen LogP contribution in [-0.4, -0.2) is 22.5 Å². The molecule has 1 aliphatic carbocycles. The zero-order chi connectivity index (χ0) is 23.5. The van der Waals surface area contributed by atoms with E-state index in [9.17, 15) is 9.59 Å². The van der Waals surface area contributed by atoms with Crippen molar-refractivity contribution in [2.75, 3.05) is 0 Å². The fraction of sp³-hybridized carbons (Fsp3) is 0.423. The highest BCUT2D eigenvalue weighted by Gasteiger charge is 2.61. The topological polar surface area (TPSA) is 74.7 Å². The van der Waals surface area contributed by atoms with Gasteiger partial charge in [0.15, 0.2) is 0 Å². The average Bonchev–Trinajstić information content (AvgIpc) is 3.26. The maximum atomic E-state index is 12.8. The monoisotopic (exact) mass is 437 g/mol. The Morgan fingerprint density at radius 2 is 1.75 bits per heavy atom. The lowest BCUT2D eigenvalue weighted by Gasteiger charge is -2.17. The van der Waals surface area contributed by atoms with Crippen molar-refractivity contribution < 1.29 is 23.8 Å². The zero-order valence-electron chi connectivity index (χ0n) is 19.5. The van der Waals surface area contributed by atoms with Gasteiger partial charge in [0.1, 0.15) is 17.5 Å². The Bertz CT molecular complexity index is 991. The molecule has 32 heavy (non-hydrogen) atoms. The molecule has 1 heterocycles. The highest BCUT2D eigenvalue weighted by molar-refractivity contribution is 5.83. The van der Waals surface area contributed by atoms with Crippen LogP contribution in [0.1, 0.15) is 53.3 Å². The number of pyridine rings is 1. The van der Waals surface area contributed by atoms with Gasteiger partial charge in [-0.3, -0.25) is 4.79 Å². The molecule has 3 atom stereocenters. The first-order valence-corrected chi connectivity index (χ1v) is 10.8. The molecule has 2 aromatic rings. The minimum atomic E-state index is -0.556. The fourth-order valence-electron chi connectivity index (χ4n) is 3.64. The number of hydrogen-bond donors (Lipinski definition) is 0. The number of allylic oxidation sites excluding steroid dienone is 1. The molecule has 1 unspecified atom stereocenters. The lowest BCUT2D eigenvalue weighted by molar-refractivity contribution is -0.152. The Labute approximate surface area is 189 Å². The fourth-order valence-corrected chi connectivity index (χ4v) is 3.64. The second-order valence-corrected chi connectivity index (χ2v) is 9.61. The van der Waals surface area contributed by atoms with E-state index in [1.54, 1.807) is 25.1 Å². The number of hydrogen-bond acceptors (Lipinski definition) is 6. The number of benzene rings is 1. The molecule has 0 bridgehead atoms. The lowest BCUT2D eigenvalue weighted by atomic mass is 10.1. The number of carbonyl (C=O) groups excluding carboxylic acids is 2. The van der Waals surface area contributed by atoms with Crippen LogP contribution in [0.5, 0.6) is 11.6 Å². The van der Waals surface area contributed by atoms with Gasteiger partial charge in [-0.25, -0.2) is 9.78 Å². The van der Waals surface area contributed by atoms with Crippen molar-refractivity contribution in [2.24, 2.45) is 17.3 Å². The molecular weight excluding hydrogens is 406 g/mol. The van der Waals surface area contributed by atoms with Crippen LogP contribution in [0.25, 0.3) is 0 Å². The molecule has 1 aliphatic rings. The molecule has 6 heteroatoms. The molecule has 0 spiro atoms. The zero-order valence-corrected chi connectivity index (χ0v) is 19.5. The smallest absolute Gasteiger partial charge is 0.330 e. The molecule has 6 nitrogen and oxygen atoms in total. The summed E-state index contributed by atoms with van der Waals surface area (Å²) >= 11 is 0. The molecule has 3 rings (SSSR count). The standard InChI is InChI=1S/C26H31NO5/c1-17(20-13-10-14-21(27-20)31-18-11-8-7-9-12-18)30-24(29)23-19(26(23,5)6)15-16-22(28)32-25(2,3)4/h7-17,19,23H,1-6H3/b16-15-/t17?,19-,23-/m0/s1. The van der Waals surface area contributed by atoms with E-state index in [1.807, 2.05) is 71.0 Å². The molecule has 1 fully saturated rings. The van der Waals surface area contributed by atoms with E-state index in [1.165, 1.54) is 6.08 Å². The van der Waals surface area contributed by atoms with Gasteiger partial charge in [-0.1, -0.05) is 44.2 Å². The van der Waals surface area contributed by atoms with Crippen LogP contribution in [0.15, 0.2) is 60.7 Å². The number of para-hydroxylation sites is 1. The van der Waals surface area contributed by atoms with Crippen molar-refractivity contribution in [1.29, 1.82) is 0 Å². The Morgan fingerprint density at radius 3 is 2.41 bits per heavy atom. The normalized spacial score (nSPS) is 20.4. The quantitative estimate of drug-likeness (QED) is 0.412. The van der Waals surface area contributed by atoms with Crippen LogP contribution >= 0.6 is 0 Å². The van der Waals surface area contributed by atoms with Crippen LogP contribution in [0, 0.1) is 17.3 Å². The maximum absolute atomic E-state index is 12.8. The molecule has 0 aliphatic heterocycles. The second-order valence-electron chi connectivity index (χ2n) is 9.61. The summed E-state index contributed by atoms with van der Waals surface area (Å²) in [4.78, 5) is 29.3. The van der Waals surface area contributed by atoms with Gasteiger partial charge in [0.05, 0.1) is 11.6 Å². The number of nitrogens with zero attached hydrogens (tertiary/aromatic N) is 1. The second kappa shape index (κ2) is 9.15. The first-order chi connectivity index (χ1) is 15.0. The molecule has 1 aromatic carbocycles. The van der Waals surface area contributed by atoms with E-state index < -0.39 is 17.7 Å². The Kier molecular flexibility index (Phi) is 6.72. The van der Waals surface area contributed by atoms with E-state index in [4.69, 9.17) is 14.2 Å². The number of ether oxygens (including phenoxy) is 3. The molecule has 0 radical (unpaired) electrons. The van der Waals surface area contributed by atoms with Crippen molar-refractivity contribution in [3.8, 4) is 11.6 Å². The van der Waals surface area contributed by atoms with Crippen molar-refractivity contribution >= 4 is 11.9 Å². The predicted octanol–water partition coefficient (Wildman–Crippen LogP) is 5.65. The van der Waals surface area contributed by atoms with Crippen molar-refractivity contribution in [2.45, 2.75) is 53.2 Å². The third kappa shape index (κ3) is 5.96. The average molecular weight is 438 g/mol. The Morgan fingerprint density at radius 1 is 1.06 bits per heavy atom. The third-order valence-electron chi connectivity index (χ3n) is 5.43. The minimum Gasteiger partial charge on any atom is -0.457 e. The summed E-state index contributed by atoms with van der Waals surface area (Å²) in [5.74, 6) is -0.0249. The van der Waals surface area contributed by atoms with Crippen molar-refractivity contribution in [3.63, 3.8) is 0 Å². The minimum absolute atomic E-state index is 0.0876. The van der Waals surface area contributed by atoms with Gasteiger partial charge < -0.3 is 14.2 Å². The van der Waals surface area contributed by atoms with Gasteiger partial charge in [0.2, 0.25) is 5.88 Å². The predicted molar refractivity (Wildman–Crippen MR) is 121 cm³/mol. The number of esters is 2. The van der Waals surface area contributed by atoms with Crippen molar-refractivity contribution in [1.82, 2.24) is 4.98 Å². The van der Waals surface area contributed by atoms with Crippen LogP contribution in [0.4, 0.5) is 0 Å². The number of aromatic nitrogens is 1. The summed E-state index contributed by atoms with van der Waals surface area (Å²) in [5, 5.41) is 0. The summed E-state index contributed by atoms with van der Waals surface area (Å²) in [6.45, 7) is 11.2. The third-order valence-corrected chi connectivity index (χ3v) is 5.43. The number of carbonyl (C=O) groups is 2. The summed E-state index contributed by atoms with van der Waals surface area (Å²) in [6.07, 6.45) is 2.62. The molecule has 170 valence electrons. The lowest BCUT2D eigenvalue weighted by Crippen LogP contribution is -2.22. The number of rotatable bonds is 7. The van der Waals surface area contributed by atoms with Gasteiger partial charge in [-0.2, -0.15) is 0 Å². The maximum Gasteiger partial charge on any atom is 0.330 e. The van der Waals surface area contributed by atoms with E-state index in [0.717, 1.165) is 0 Å². The van der Waals surface area contributed by atoms with E-state index in [0.29, 0.717) is 17.3 Å². The van der Waals surface area contributed by atoms with E-state index in [2.05, 4.69) is 4.98 Å². The summed E-state index contributed by atoms with van der Waals surface area (Å²) in [5.41, 5.74) is -0.243. The van der Waals surface area contributed by atoms with Crippen LogP contribution in [-0.2, 0) is 19.1 Å². The summed E-state index contributed by atoms with van der Waals surface area (Å²) in [7, 11) is 0. The van der Waals surface area contributed by atoms with E-state index >= 15 is 0 Å². The van der Waals surface area contributed by atoms with Crippen LogP contribution in [0.3, 0.4) is 0 Å². The highest BCUT2D eigenvalue weighted by atomic mass is 16.6. The molecular formula is C26H31NO5. The molecule has 0 amide bonds. The van der Waals surface area contributed by atoms with Gasteiger partial charge in [-0.05, 0) is 57.2 Å². The first kappa shape index (κ1) is 23.5. The molecule has 1 saturated carbocycles. The Balaban J connectivity index is 1.60. The molecule has 1 aromatic heterocycles. The summed E-state index contributed by atoms with van der Waals surface area (Å²) in [6, 6.07) is 14.7. The van der Waals surface area contributed by atoms with Gasteiger partial charge >= 0.3 is 11.9 Å². The van der Waals surface area contributed by atoms with Gasteiger partial charge in [-0.15, -0.1) is 0 Å². The molecule has 0 saturated heterocycles. The van der Waals surface area contributed by atoms with E-state index in [-0.39, 0.29) is 23.2 Å². The van der Waals surface area contributed by atoms with Gasteiger partial charge in [0.25, 0.3) is 0 Å².